The average molecular weight is 602 g/mol. The SMILES string of the molecule is COc1cccc([C@](O)(CCN(C)C)[C@H](c2cc3cc(N4CC5(COC5)C4)ccc3nc2OC)c2cccc(OC)c2F)c1. The van der Waals surface area contributed by atoms with Gasteiger partial charge in [-0.3, -0.25) is 0 Å². The zero-order valence-corrected chi connectivity index (χ0v) is 26.0. The summed E-state index contributed by atoms with van der Waals surface area (Å²) in [7, 11) is 8.47. The number of hydrogen-bond donors (Lipinski definition) is 1. The highest BCUT2D eigenvalue weighted by Gasteiger charge is 2.49. The van der Waals surface area contributed by atoms with E-state index in [2.05, 4.69) is 17.0 Å². The number of aliphatic hydroxyl groups is 1. The van der Waals surface area contributed by atoms with Crippen molar-refractivity contribution in [2.24, 2.45) is 5.41 Å². The average Bonchev–Trinajstić information content (AvgIpc) is 2.99. The minimum atomic E-state index is -1.60. The number of anilines is 1. The molecule has 6 rings (SSSR count). The summed E-state index contributed by atoms with van der Waals surface area (Å²) in [6, 6.07) is 20.5. The van der Waals surface area contributed by atoms with Gasteiger partial charge in [-0.15, -0.1) is 0 Å². The van der Waals surface area contributed by atoms with Crippen LogP contribution in [0, 0.1) is 11.2 Å². The predicted molar refractivity (Wildman–Crippen MR) is 169 cm³/mol. The molecule has 0 saturated carbocycles. The molecule has 2 saturated heterocycles. The molecule has 232 valence electrons. The summed E-state index contributed by atoms with van der Waals surface area (Å²) in [5, 5.41) is 13.9. The zero-order chi connectivity index (χ0) is 31.1. The van der Waals surface area contributed by atoms with Gasteiger partial charge in [-0.1, -0.05) is 24.3 Å². The quantitative estimate of drug-likeness (QED) is 0.251. The second kappa shape index (κ2) is 11.9. The molecule has 8 nitrogen and oxygen atoms in total. The first-order valence-corrected chi connectivity index (χ1v) is 14.9. The zero-order valence-electron chi connectivity index (χ0n) is 26.0. The van der Waals surface area contributed by atoms with Gasteiger partial charge in [-0.2, -0.15) is 0 Å². The third-order valence-electron chi connectivity index (χ3n) is 9.04. The molecule has 1 spiro atoms. The van der Waals surface area contributed by atoms with Crippen LogP contribution in [0.4, 0.5) is 10.1 Å². The summed E-state index contributed by atoms with van der Waals surface area (Å²) in [4.78, 5) is 9.23. The Bertz CT molecular complexity index is 1650. The Morgan fingerprint density at radius 1 is 0.977 bits per heavy atom. The van der Waals surface area contributed by atoms with E-state index in [0.29, 0.717) is 29.3 Å². The molecule has 44 heavy (non-hydrogen) atoms. The molecule has 0 amide bonds. The summed E-state index contributed by atoms with van der Waals surface area (Å²) in [6.45, 7) is 4.05. The fourth-order valence-electron chi connectivity index (χ4n) is 6.58. The first-order chi connectivity index (χ1) is 21.2. The molecule has 2 aliphatic rings. The molecule has 1 aromatic heterocycles. The van der Waals surface area contributed by atoms with E-state index < -0.39 is 17.3 Å². The van der Waals surface area contributed by atoms with E-state index in [4.69, 9.17) is 23.9 Å². The molecule has 0 radical (unpaired) electrons. The molecule has 0 bridgehead atoms. The normalized spacial score (nSPS) is 17.6. The molecule has 0 unspecified atom stereocenters. The van der Waals surface area contributed by atoms with Gasteiger partial charge in [0.25, 0.3) is 0 Å². The van der Waals surface area contributed by atoms with Crippen LogP contribution in [0.3, 0.4) is 0 Å². The van der Waals surface area contributed by atoms with Gasteiger partial charge >= 0.3 is 0 Å². The molecule has 2 aliphatic heterocycles. The van der Waals surface area contributed by atoms with Crippen LogP contribution in [0.15, 0.2) is 66.7 Å². The van der Waals surface area contributed by atoms with Gasteiger partial charge in [0.2, 0.25) is 5.88 Å². The van der Waals surface area contributed by atoms with Gasteiger partial charge in [0.05, 0.1) is 51.4 Å². The van der Waals surface area contributed by atoms with Crippen molar-refractivity contribution in [3.05, 3.63) is 89.2 Å². The number of ether oxygens (including phenoxy) is 4. The third kappa shape index (κ3) is 5.33. The highest BCUT2D eigenvalue weighted by Crippen LogP contribution is 2.50. The van der Waals surface area contributed by atoms with E-state index in [1.807, 2.05) is 55.4 Å². The number of hydrogen-bond acceptors (Lipinski definition) is 8. The summed E-state index contributed by atoms with van der Waals surface area (Å²) < 4.78 is 38.6. The third-order valence-corrected chi connectivity index (χ3v) is 9.04. The Morgan fingerprint density at radius 3 is 2.41 bits per heavy atom. The molecule has 3 aromatic carbocycles. The van der Waals surface area contributed by atoms with Gasteiger partial charge in [-0.05, 0) is 68.5 Å². The summed E-state index contributed by atoms with van der Waals surface area (Å²) >= 11 is 0. The molecule has 3 heterocycles. The molecule has 2 atom stereocenters. The van der Waals surface area contributed by atoms with Crippen molar-refractivity contribution < 1.29 is 28.4 Å². The molecular weight excluding hydrogens is 561 g/mol. The molecule has 1 N–H and O–H groups in total. The topological polar surface area (TPSA) is 76.5 Å². The van der Waals surface area contributed by atoms with Crippen molar-refractivity contribution in [2.45, 2.75) is 17.9 Å². The first-order valence-electron chi connectivity index (χ1n) is 14.9. The van der Waals surface area contributed by atoms with Gasteiger partial charge < -0.3 is 33.9 Å². The van der Waals surface area contributed by atoms with Crippen molar-refractivity contribution in [3.63, 3.8) is 0 Å². The minimum Gasteiger partial charge on any atom is -0.497 e. The van der Waals surface area contributed by atoms with Crippen molar-refractivity contribution in [3.8, 4) is 17.4 Å². The Labute approximate surface area is 257 Å². The molecule has 4 aromatic rings. The number of halogens is 1. The molecular formula is C35H40FN3O5. The van der Waals surface area contributed by atoms with Crippen LogP contribution in [0.1, 0.15) is 29.0 Å². The smallest absolute Gasteiger partial charge is 0.217 e. The van der Waals surface area contributed by atoms with Crippen molar-refractivity contribution in [2.75, 3.05) is 73.2 Å². The lowest BCUT2D eigenvalue weighted by atomic mass is 9.71. The number of fused-ring (bicyclic) bond motifs is 1. The van der Waals surface area contributed by atoms with Crippen molar-refractivity contribution >= 4 is 16.6 Å². The second-order valence-electron chi connectivity index (χ2n) is 12.3. The number of pyridine rings is 1. The minimum absolute atomic E-state index is 0.0924. The molecule has 0 aliphatic carbocycles. The maximum absolute atomic E-state index is 16.3. The predicted octanol–water partition coefficient (Wildman–Crippen LogP) is 5.21. The maximum atomic E-state index is 16.3. The number of benzene rings is 3. The highest BCUT2D eigenvalue weighted by molar-refractivity contribution is 5.84. The maximum Gasteiger partial charge on any atom is 0.217 e. The summed E-state index contributed by atoms with van der Waals surface area (Å²) in [5.74, 6) is -0.462. The Morgan fingerprint density at radius 2 is 1.75 bits per heavy atom. The van der Waals surface area contributed by atoms with E-state index in [1.165, 1.54) is 7.11 Å². The summed E-state index contributed by atoms with van der Waals surface area (Å²) in [5.41, 5.74) is 1.95. The number of nitrogens with zero attached hydrogens (tertiary/aromatic N) is 3. The van der Waals surface area contributed by atoms with Crippen molar-refractivity contribution in [1.29, 1.82) is 0 Å². The standard InChI is InChI=1S/C35H40FN3O5/c1-38(2)15-14-35(40,24-8-6-9-26(18-24)41-3)31(27-10-7-11-30(42-4)32(27)36)28-17-23-16-25(12-13-29(23)37-33(28)43-5)39-19-34(20-39)21-44-22-34/h6-13,16-18,31,40H,14-15,19-22H2,1-5H3/t31-,35+/m0/s1. The summed E-state index contributed by atoms with van der Waals surface area (Å²) in [6.07, 6.45) is 0.285. The van der Waals surface area contributed by atoms with Crippen LogP contribution in [0.5, 0.6) is 17.4 Å². The Balaban J connectivity index is 1.56. The van der Waals surface area contributed by atoms with Gasteiger partial charge in [0.1, 0.15) is 11.4 Å². The highest BCUT2D eigenvalue weighted by atomic mass is 19.1. The number of rotatable bonds is 11. The van der Waals surface area contributed by atoms with Gasteiger partial charge in [0, 0.05) is 41.8 Å². The van der Waals surface area contributed by atoms with Crippen LogP contribution in [0.25, 0.3) is 10.9 Å². The lowest BCUT2D eigenvalue weighted by Gasteiger charge is -2.56. The number of aromatic nitrogens is 1. The fourth-order valence-corrected chi connectivity index (χ4v) is 6.58. The van der Waals surface area contributed by atoms with Crippen LogP contribution >= 0.6 is 0 Å². The van der Waals surface area contributed by atoms with E-state index in [9.17, 15) is 5.11 Å². The van der Waals surface area contributed by atoms with E-state index in [1.54, 1.807) is 32.4 Å². The second-order valence-corrected chi connectivity index (χ2v) is 12.3. The van der Waals surface area contributed by atoms with Crippen LogP contribution in [-0.4, -0.2) is 83.3 Å². The largest absolute Gasteiger partial charge is 0.497 e. The van der Waals surface area contributed by atoms with Crippen LogP contribution in [-0.2, 0) is 10.3 Å². The van der Waals surface area contributed by atoms with Gasteiger partial charge in [-0.25, -0.2) is 9.37 Å². The fraction of sp³-hybridized carbons (Fsp3) is 0.400. The first kappa shape index (κ1) is 30.1. The number of methoxy groups -OCH3 is 3. The lowest BCUT2D eigenvalue weighted by molar-refractivity contribution is -0.127. The van der Waals surface area contributed by atoms with Crippen molar-refractivity contribution in [1.82, 2.24) is 9.88 Å². The Kier molecular flexibility index (Phi) is 8.13. The van der Waals surface area contributed by atoms with E-state index >= 15 is 4.39 Å². The monoisotopic (exact) mass is 601 g/mol. The molecule has 9 heteroatoms. The molecule has 2 fully saturated rings. The van der Waals surface area contributed by atoms with Crippen LogP contribution in [0.2, 0.25) is 0 Å². The van der Waals surface area contributed by atoms with Gasteiger partial charge in [0.15, 0.2) is 11.6 Å². The van der Waals surface area contributed by atoms with Crippen LogP contribution < -0.4 is 19.1 Å². The lowest BCUT2D eigenvalue weighted by Crippen LogP contribution is -2.66. The van der Waals surface area contributed by atoms with E-state index in [0.717, 1.165) is 42.9 Å². The van der Waals surface area contributed by atoms with E-state index in [-0.39, 0.29) is 23.1 Å². The Hall–Kier alpha value is -3.92.